The van der Waals surface area contributed by atoms with Crippen molar-refractivity contribution in [3.8, 4) is 0 Å². The molecule has 0 saturated carbocycles. The molecular weight excluding hydrogens is 318 g/mol. The van der Waals surface area contributed by atoms with Crippen molar-refractivity contribution in [3.63, 3.8) is 0 Å². The molecule has 1 aliphatic heterocycles. The average molecular weight is 344 g/mol. The first-order valence-corrected chi connectivity index (χ1v) is 8.65. The molecule has 0 spiro atoms. The van der Waals surface area contributed by atoms with E-state index in [1.807, 2.05) is 18.3 Å². The summed E-state index contributed by atoms with van der Waals surface area (Å²) in [6, 6.07) is 10.6. The summed E-state index contributed by atoms with van der Waals surface area (Å²) in [4.78, 5) is 9.05. The second-order valence-electron chi connectivity index (χ2n) is 6.58. The van der Waals surface area contributed by atoms with Gasteiger partial charge in [0.2, 0.25) is 0 Å². The van der Waals surface area contributed by atoms with Crippen LogP contribution in [0.3, 0.4) is 0 Å². The van der Waals surface area contributed by atoms with Gasteiger partial charge in [-0.15, -0.1) is 0 Å². The Labute approximate surface area is 149 Å². The lowest BCUT2D eigenvalue weighted by atomic mass is 10.0. The Balaban J connectivity index is 1.99. The molecule has 6 heteroatoms. The van der Waals surface area contributed by atoms with E-state index in [0.717, 1.165) is 23.9 Å². The van der Waals surface area contributed by atoms with E-state index < -0.39 is 0 Å². The van der Waals surface area contributed by atoms with E-state index in [9.17, 15) is 0 Å². The van der Waals surface area contributed by atoms with Crippen molar-refractivity contribution >= 4 is 17.3 Å². The van der Waals surface area contributed by atoms with E-state index in [4.69, 9.17) is 12.2 Å². The van der Waals surface area contributed by atoms with Crippen LogP contribution in [0.5, 0.6) is 0 Å². The molecule has 2 aromatic rings. The molecule has 1 saturated heterocycles. The summed E-state index contributed by atoms with van der Waals surface area (Å²) in [5.74, 6) is 0. The maximum atomic E-state index is 5.66. The molecule has 1 aliphatic rings. The molecule has 24 heavy (non-hydrogen) atoms. The van der Waals surface area contributed by atoms with Gasteiger partial charge in [0.15, 0.2) is 5.11 Å². The van der Waals surface area contributed by atoms with Crippen LogP contribution in [0.4, 0.5) is 0 Å². The van der Waals surface area contributed by atoms with E-state index in [1.165, 1.54) is 11.4 Å². The molecular formula is C18H25N5S. The number of pyridine rings is 1. The molecule has 0 amide bonds. The van der Waals surface area contributed by atoms with Gasteiger partial charge in [0, 0.05) is 37.7 Å². The molecule has 3 heterocycles. The molecule has 0 aromatic carbocycles. The zero-order chi connectivity index (χ0) is 17.3. The van der Waals surface area contributed by atoms with E-state index in [2.05, 4.69) is 70.9 Å². The number of aromatic nitrogens is 2. The monoisotopic (exact) mass is 343 g/mol. The SMILES string of the molecule is Cc1ccc([C@@H]2[C@@H](c3ccccn3)NC(=S)N2CCN(C)C)n1C. The highest BCUT2D eigenvalue weighted by atomic mass is 32.1. The second kappa shape index (κ2) is 6.91. The van der Waals surface area contributed by atoms with Crippen LogP contribution < -0.4 is 5.32 Å². The molecule has 1 fully saturated rings. The molecule has 2 atom stereocenters. The summed E-state index contributed by atoms with van der Waals surface area (Å²) in [5.41, 5.74) is 3.53. The Morgan fingerprint density at radius 3 is 2.62 bits per heavy atom. The summed E-state index contributed by atoms with van der Waals surface area (Å²) in [6.45, 7) is 3.97. The van der Waals surface area contributed by atoms with Crippen LogP contribution in [-0.4, -0.2) is 51.6 Å². The van der Waals surface area contributed by atoms with Gasteiger partial charge in [-0.3, -0.25) is 4.98 Å². The van der Waals surface area contributed by atoms with Gasteiger partial charge in [0.25, 0.3) is 0 Å². The van der Waals surface area contributed by atoms with Crippen molar-refractivity contribution in [1.82, 2.24) is 24.7 Å². The summed E-state index contributed by atoms with van der Waals surface area (Å²) < 4.78 is 2.25. The Hall–Kier alpha value is -1.92. The molecule has 3 rings (SSSR count). The van der Waals surface area contributed by atoms with E-state index >= 15 is 0 Å². The summed E-state index contributed by atoms with van der Waals surface area (Å²) >= 11 is 5.66. The lowest BCUT2D eigenvalue weighted by molar-refractivity contribution is 0.270. The third-order valence-corrected chi connectivity index (χ3v) is 5.05. The molecule has 2 aromatic heterocycles. The predicted molar refractivity (Wildman–Crippen MR) is 101 cm³/mol. The van der Waals surface area contributed by atoms with Crippen LogP contribution >= 0.6 is 12.2 Å². The van der Waals surface area contributed by atoms with Crippen molar-refractivity contribution in [2.45, 2.75) is 19.0 Å². The van der Waals surface area contributed by atoms with Gasteiger partial charge in [-0.05, 0) is 57.5 Å². The number of hydrogen-bond donors (Lipinski definition) is 1. The minimum Gasteiger partial charge on any atom is -0.352 e. The van der Waals surface area contributed by atoms with Crippen molar-refractivity contribution in [3.05, 3.63) is 53.6 Å². The zero-order valence-corrected chi connectivity index (χ0v) is 15.5. The summed E-state index contributed by atoms with van der Waals surface area (Å²) in [7, 11) is 6.29. The Kier molecular flexibility index (Phi) is 4.87. The standard InChI is InChI=1S/C18H25N5S/c1-13-8-9-15(22(13)4)17-16(14-7-5-6-10-19-14)20-18(24)23(17)12-11-21(2)3/h5-10,16-17H,11-12H2,1-4H3,(H,20,24)/t16-,17-/m1/s1. The average Bonchev–Trinajstić information content (AvgIpc) is 3.06. The van der Waals surface area contributed by atoms with Crippen molar-refractivity contribution in [1.29, 1.82) is 0 Å². The minimum absolute atomic E-state index is 0.0638. The summed E-state index contributed by atoms with van der Waals surface area (Å²) in [5, 5.41) is 4.29. The van der Waals surface area contributed by atoms with E-state index in [0.29, 0.717) is 0 Å². The fourth-order valence-corrected chi connectivity index (χ4v) is 3.54. The fourth-order valence-electron chi connectivity index (χ4n) is 3.21. The van der Waals surface area contributed by atoms with Crippen molar-refractivity contribution in [2.75, 3.05) is 27.2 Å². The largest absolute Gasteiger partial charge is 0.352 e. The first-order chi connectivity index (χ1) is 11.5. The topological polar surface area (TPSA) is 36.3 Å². The van der Waals surface area contributed by atoms with Crippen LogP contribution in [0.25, 0.3) is 0 Å². The van der Waals surface area contributed by atoms with Crippen molar-refractivity contribution < 1.29 is 0 Å². The van der Waals surface area contributed by atoms with Crippen LogP contribution in [0.1, 0.15) is 29.2 Å². The van der Waals surface area contributed by atoms with Crippen LogP contribution in [0.2, 0.25) is 0 Å². The first kappa shape index (κ1) is 16.9. The van der Waals surface area contributed by atoms with Gasteiger partial charge in [-0.25, -0.2) is 0 Å². The second-order valence-corrected chi connectivity index (χ2v) is 6.97. The predicted octanol–water partition coefficient (Wildman–Crippen LogP) is 2.26. The van der Waals surface area contributed by atoms with Gasteiger partial charge in [0.1, 0.15) is 0 Å². The number of nitrogens with one attached hydrogen (secondary N) is 1. The van der Waals surface area contributed by atoms with E-state index in [-0.39, 0.29) is 12.1 Å². The van der Waals surface area contributed by atoms with E-state index in [1.54, 1.807) is 0 Å². The molecule has 0 aliphatic carbocycles. The van der Waals surface area contributed by atoms with Gasteiger partial charge in [0.05, 0.1) is 17.8 Å². The van der Waals surface area contributed by atoms with Gasteiger partial charge in [-0.2, -0.15) is 0 Å². The van der Waals surface area contributed by atoms with Crippen molar-refractivity contribution in [2.24, 2.45) is 7.05 Å². The third-order valence-electron chi connectivity index (χ3n) is 4.70. The van der Waals surface area contributed by atoms with Gasteiger partial charge < -0.3 is 19.7 Å². The number of aryl methyl sites for hydroxylation is 1. The number of rotatable bonds is 5. The minimum atomic E-state index is 0.0638. The number of thiocarbonyl (C=S) groups is 1. The van der Waals surface area contributed by atoms with Crippen LogP contribution in [-0.2, 0) is 7.05 Å². The number of likely N-dealkylation sites (N-methyl/N-ethyl adjacent to an activating group) is 1. The normalized spacial score (nSPS) is 20.7. The first-order valence-electron chi connectivity index (χ1n) is 8.24. The highest BCUT2D eigenvalue weighted by molar-refractivity contribution is 7.80. The summed E-state index contributed by atoms with van der Waals surface area (Å²) in [6.07, 6.45) is 1.84. The maximum absolute atomic E-state index is 5.66. The van der Waals surface area contributed by atoms with Crippen LogP contribution in [0.15, 0.2) is 36.5 Å². The zero-order valence-electron chi connectivity index (χ0n) is 14.7. The molecule has 5 nitrogen and oxygen atoms in total. The maximum Gasteiger partial charge on any atom is 0.170 e. The molecule has 0 bridgehead atoms. The third kappa shape index (κ3) is 3.16. The van der Waals surface area contributed by atoms with Gasteiger partial charge in [-0.1, -0.05) is 6.07 Å². The smallest absolute Gasteiger partial charge is 0.170 e. The Morgan fingerprint density at radius 2 is 2.04 bits per heavy atom. The Morgan fingerprint density at radius 1 is 1.25 bits per heavy atom. The fraction of sp³-hybridized carbons (Fsp3) is 0.444. The lowest BCUT2D eigenvalue weighted by Gasteiger charge is -2.29. The molecule has 128 valence electrons. The lowest BCUT2D eigenvalue weighted by Crippen LogP contribution is -2.36. The molecule has 0 radical (unpaired) electrons. The molecule has 1 N–H and O–H groups in total. The highest BCUT2D eigenvalue weighted by Crippen LogP contribution is 2.38. The quantitative estimate of drug-likeness (QED) is 0.843. The molecule has 0 unspecified atom stereocenters. The Bertz CT molecular complexity index is 709. The van der Waals surface area contributed by atoms with Crippen LogP contribution in [0, 0.1) is 6.92 Å². The number of hydrogen-bond acceptors (Lipinski definition) is 3. The van der Waals surface area contributed by atoms with Gasteiger partial charge >= 0.3 is 0 Å². The highest BCUT2D eigenvalue weighted by Gasteiger charge is 2.40. The number of nitrogens with zero attached hydrogens (tertiary/aromatic N) is 4.